The number of ether oxygens (including phenoxy) is 1. The number of aromatic nitrogens is 1. The maximum absolute atomic E-state index is 11.9. The molecule has 0 unspecified atom stereocenters. The first-order chi connectivity index (χ1) is 16.2. The van der Waals surface area contributed by atoms with Gasteiger partial charge in [-0.15, -0.1) is 10.2 Å². The van der Waals surface area contributed by atoms with Crippen molar-refractivity contribution in [3.8, 4) is 0 Å². The number of azo groups is 1. The fourth-order valence-electron chi connectivity index (χ4n) is 3.07. The van der Waals surface area contributed by atoms with E-state index in [4.69, 9.17) is 39.5 Å². The van der Waals surface area contributed by atoms with Crippen molar-refractivity contribution in [3.63, 3.8) is 0 Å². The summed E-state index contributed by atoms with van der Waals surface area (Å²) in [6, 6.07) is 6.64. The molecule has 0 atom stereocenters. The van der Waals surface area contributed by atoms with E-state index in [0.29, 0.717) is 49.3 Å². The third kappa shape index (κ3) is 6.56. The van der Waals surface area contributed by atoms with Gasteiger partial charge < -0.3 is 15.0 Å². The second-order valence-electron chi connectivity index (χ2n) is 7.28. The smallest absolute Gasteiger partial charge is 0.325 e. The molecule has 2 aromatic carbocycles. The molecule has 0 saturated carbocycles. The highest BCUT2D eigenvalue weighted by molar-refractivity contribution is 7.22. The number of hydrogen-bond donors (Lipinski definition) is 1. The summed E-state index contributed by atoms with van der Waals surface area (Å²) < 4.78 is 5.63. The minimum Gasteiger partial charge on any atom is -0.468 e. The van der Waals surface area contributed by atoms with Gasteiger partial charge >= 0.3 is 5.97 Å². The van der Waals surface area contributed by atoms with Gasteiger partial charge in [0.05, 0.1) is 43.8 Å². The number of rotatable bonds is 9. The van der Waals surface area contributed by atoms with E-state index in [1.165, 1.54) is 25.4 Å². The van der Waals surface area contributed by atoms with Crippen molar-refractivity contribution < 1.29 is 14.3 Å². The van der Waals surface area contributed by atoms with Crippen molar-refractivity contribution in [3.05, 3.63) is 39.3 Å². The van der Waals surface area contributed by atoms with Crippen LogP contribution < -0.4 is 10.2 Å². The van der Waals surface area contributed by atoms with Gasteiger partial charge in [-0.05, 0) is 30.7 Å². The molecule has 0 saturated heterocycles. The van der Waals surface area contributed by atoms with Crippen molar-refractivity contribution in [1.29, 1.82) is 0 Å². The lowest BCUT2D eigenvalue weighted by atomic mass is 10.2. The number of methoxy groups -OCH3 is 1. The van der Waals surface area contributed by atoms with E-state index in [2.05, 4.69) is 20.5 Å². The maximum atomic E-state index is 11.9. The van der Waals surface area contributed by atoms with Gasteiger partial charge in [-0.3, -0.25) is 9.59 Å². The number of nitrogens with zero attached hydrogens (tertiary/aromatic N) is 4. The number of esters is 1. The van der Waals surface area contributed by atoms with Crippen LogP contribution in [0.5, 0.6) is 0 Å². The molecular formula is C22H22Cl3N5O3S. The van der Waals surface area contributed by atoms with Gasteiger partial charge in [0.1, 0.15) is 12.2 Å². The number of carbonyl (C=O) groups is 2. The van der Waals surface area contributed by atoms with Crippen molar-refractivity contribution >= 4 is 90.4 Å². The van der Waals surface area contributed by atoms with Gasteiger partial charge in [0.15, 0.2) is 0 Å². The van der Waals surface area contributed by atoms with E-state index >= 15 is 0 Å². The monoisotopic (exact) mass is 541 g/mol. The average Bonchev–Trinajstić information content (AvgIpc) is 3.17. The van der Waals surface area contributed by atoms with Crippen molar-refractivity contribution in [2.45, 2.75) is 26.7 Å². The van der Waals surface area contributed by atoms with Crippen LogP contribution in [0.2, 0.25) is 15.1 Å². The van der Waals surface area contributed by atoms with Gasteiger partial charge in [-0.1, -0.05) is 59.5 Å². The van der Waals surface area contributed by atoms with Crippen molar-refractivity contribution in [2.24, 2.45) is 10.2 Å². The third-order valence-electron chi connectivity index (χ3n) is 4.71. The predicted molar refractivity (Wildman–Crippen MR) is 139 cm³/mol. The van der Waals surface area contributed by atoms with Crippen molar-refractivity contribution in [1.82, 2.24) is 4.98 Å². The first kappa shape index (κ1) is 26.2. The second-order valence-corrected chi connectivity index (χ2v) is 9.51. The molecule has 0 radical (unpaired) electrons. The van der Waals surface area contributed by atoms with Crippen LogP contribution in [0.15, 0.2) is 34.5 Å². The maximum Gasteiger partial charge on any atom is 0.325 e. The second kappa shape index (κ2) is 11.8. The minimum absolute atomic E-state index is 0.0212. The van der Waals surface area contributed by atoms with Crippen LogP contribution in [0.25, 0.3) is 10.2 Å². The lowest BCUT2D eigenvalue weighted by Crippen LogP contribution is -2.31. The van der Waals surface area contributed by atoms with Gasteiger partial charge in [-0.2, -0.15) is 0 Å². The molecule has 3 aromatic rings. The Morgan fingerprint density at radius 3 is 2.53 bits per heavy atom. The Balaban J connectivity index is 1.99. The molecule has 180 valence electrons. The van der Waals surface area contributed by atoms with E-state index in [-0.39, 0.29) is 12.5 Å². The topological polar surface area (TPSA) is 96.2 Å². The fraction of sp³-hybridized carbons (Fsp3) is 0.318. The molecule has 0 aliphatic heterocycles. The van der Waals surface area contributed by atoms with Crippen molar-refractivity contribution in [2.75, 3.05) is 30.4 Å². The molecule has 3 rings (SSSR count). The van der Waals surface area contributed by atoms with Gasteiger partial charge in [-0.25, -0.2) is 4.98 Å². The Kier molecular flexibility index (Phi) is 9.07. The number of benzene rings is 2. The Bertz CT molecular complexity index is 1210. The fourth-order valence-corrected chi connectivity index (χ4v) is 4.54. The molecule has 0 aliphatic rings. The van der Waals surface area contributed by atoms with Gasteiger partial charge in [0.2, 0.25) is 11.0 Å². The summed E-state index contributed by atoms with van der Waals surface area (Å²) in [6.45, 7) is 4.05. The normalized spacial score (nSPS) is 11.2. The van der Waals surface area contributed by atoms with E-state index in [0.717, 1.165) is 17.5 Å². The lowest BCUT2D eigenvalue weighted by Gasteiger charge is -2.25. The van der Waals surface area contributed by atoms with Crippen LogP contribution in [0.4, 0.5) is 22.2 Å². The molecule has 1 heterocycles. The first-order valence-electron chi connectivity index (χ1n) is 10.3. The van der Waals surface area contributed by atoms with E-state index in [1.807, 2.05) is 11.8 Å². The van der Waals surface area contributed by atoms with Crippen LogP contribution in [0, 0.1) is 0 Å². The summed E-state index contributed by atoms with van der Waals surface area (Å²) in [5, 5.41) is 12.8. The molecule has 0 fully saturated rings. The predicted octanol–water partition coefficient (Wildman–Crippen LogP) is 7.41. The quantitative estimate of drug-likeness (QED) is 0.224. The summed E-state index contributed by atoms with van der Waals surface area (Å²) in [6.07, 6.45) is 1.77. The zero-order valence-electron chi connectivity index (χ0n) is 18.7. The Morgan fingerprint density at radius 1 is 1.12 bits per heavy atom. The molecule has 1 N–H and O–H groups in total. The van der Waals surface area contributed by atoms with Gasteiger partial charge in [0.25, 0.3) is 0 Å². The van der Waals surface area contributed by atoms with E-state index < -0.39 is 5.97 Å². The van der Waals surface area contributed by atoms with Crippen LogP contribution in [-0.2, 0) is 14.3 Å². The van der Waals surface area contributed by atoms with Crippen LogP contribution in [-0.4, -0.2) is 37.1 Å². The summed E-state index contributed by atoms with van der Waals surface area (Å²) in [4.78, 5) is 30.0. The molecule has 0 spiro atoms. The Hall–Kier alpha value is -2.46. The van der Waals surface area contributed by atoms with E-state index in [1.54, 1.807) is 24.3 Å². The summed E-state index contributed by atoms with van der Waals surface area (Å²) >= 11 is 20.0. The number of unbranched alkanes of at least 4 members (excludes halogenated alkanes) is 1. The van der Waals surface area contributed by atoms with Gasteiger partial charge in [0, 0.05) is 13.5 Å². The number of anilines is 2. The number of halogens is 3. The molecular weight excluding hydrogens is 521 g/mol. The first-order valence-corrected chi connectivity index (χ1v) is 12.3. The van der Waals surface area contributed by atoms with E-state index in [9.17, 15) is 9.59 Å². The highest BCUT2D eigenvalue weighted by Gasteiger charge is 2.18. The molecule has 1 aromatic heterocycles. The van der Waals surface area contributed by atoms with Crippen LogP contribution in [0.1, 0.15) is 26.7 Å². The minimum atomic E-state index is -0.395. The number of thiazole rings is 1. The number of carbonyl (C=O) groups excluding carboxylic acids is 2. The number of nitrogens with one attached hydrogen (secondary N) is 1. The average molecular weight is 543 g/mol. The highest BCUT2D eigenvalue weighted by Crippen LogP contribution is 2.39. The van der Waals surface area contributed by atoms with Crippen LogP contribution in [0.3, 0.4) is 0 Å². The largest absolute Gasteiger partial charge is 0.468 e. The summed E-state index contributed by atoms with van der Waals surface area (Å²) in [5.41, 5.74) is 1.97. The summed E-state index contributed by atoms with van der Waals surface area (Å²) in [5.74, 6) is -0.685. The third-order valence-corrected chi connectivity index (χ3v) is 6.64. The van der Waals surface area contributed by atoms with Crippen LogP contribution >= 0.6 is 46.1 Å². The molecule has 0 bridgehead atoms. The highest BCUT2D eigenvalue weighted by atomic mass is 35.5. The standard InChI is InChI=1S/C22H22Cl3N5O3S/c1-4-5-6-30(11-21(32)33-3)19-10-16(26-12(2)31)17(8-15(19)25)28-29-22-27-18-7-13(23)14(24)9-20(18)34-22/h7-10H,4-6,11H2,1-3H3,(H,26,31). The summed E-state index contributed by atoms with van der Waals surface area (Å²) in [7, 11) is 1.33. The molecule has 12 heteroatoms. The zero-order chi connectivity index (χ0) is 24.8. The lowest BCUT2D eigenvalue weighted by molar-refractivity contribution is -0.139. The molecule has 8 nitrogen and oxygen atoms in total. The number of hydrogen-bond acceptors (Lipinski definition) is 8. The SMILES string of the molecule is CCCCN(CC(=O)OC)c1cc(NC(C)=O)c(N=Nc2nc3cc(Cl)c(Cl)cc3s2)cc1Cl. The molecule has 34 heavy (non-hydrogen) atoms. The number of fused-ring (bicyclic) bond motifs is 1. The molecule has 1 amide bonds. The molecule has 0 aliphatic carbocycles. The number of amides is 1. The Morgan fingerprint density at radius 2 is 1.85 bits per heavy atom. The zero-order valence-corrected chi connectivity index (χ0v) is 21.8. The Labute approximate surface area is 215 Å².